The lowest BCUT2D eigenvalue weighted by molar-refractivity contribution is -0.145. The number of hydrogen-bond donors (Lipinski definition) is 1. The molecule has 0 aliphatic heterocycles. The molecule has 0 bridgehead atoms. The minimum absolute atomic E-state index is 0.0183. The number of carbonyl (C=O) groups is 3. The summed E-state index contributed by atoms with van der Waals surface area (Å²) in [4.78, 5) is 37.4. The number of carbonyl (C=O) groups excluding carboxylic acids is 3. The number of aryl methyl sites for hydroxylation is 1. The molecule has 0 fully saturated rings. The number of esters is 2. The van der Waals surface area contributed by atoms with Crippen LogP contribution >= 0.6 is 0 Å². The van der Waals surface area contributed by atoms with E-state index in [4.69, 9.17) is 14.2 Å². The Labute approximate surface area is 229 Å². The Morgan fingerprint density at radius 2 is 1.56 bits per heavy atom. The van der Waals surface area contributed by atoms with Gasteiger partial charge in [-0.3, -0.25) is 9.59 Å². The summed E-state index contributed by atoms with van der Waals surface area (Å²) >= 11 is 0. The SMILES string of the molecule is CCOC(=O)C/C(C[C@@H](CC(=O)OCc1ccccc1)NC(=O)OC(C)(C)C)=N\S(=O)(=O)c1ccc(C)cc1. The highest BCUT2D eigenvalue weighted by atomic mass is 32.2. The van der Waals surface area contributed by atoms with E-state index in [1.807, 2.05) is 25.1 Å². The number of rotatable bonds is 12. The molecule has 1 amide bonds. The zero-order valence-corrected chi connectivity index (χ0v) is 23.7. The smallest absolute Gasteiger partial charge is 0.407 e. The van der Waals surface area contributed by atoms with Gasteiger partial charge in [0.05, 0.1) is 24.3 Å². The second-order valence-electron chi connectivity index (χ2n) is 9.83. The molecule has 0 aliphatic rings. The second kappa shape index (κ2) is 14.4. The second-order valence-corrected chi connectivity index (χ2v) is 11.4. The predicted molar refractivity (Wildman–Crippen MR) is 146 cm³/mol. The van der Waals surface area contributed by atoms with Gasteiger partial charge in [-0.25, -0.2) is 4.79 Å². The van der Waals surface area contributed by atoms with Gasteiger partial charge in [-0.1, -0.05) is 48.0 Å². The van der Waals surface area contributed by atoms with Gasteiger partial charge in [-0.05, 0) is 52.3 Å². The number of nitrogens with one attached hydrogen (secondary N) is 1. The molecule has 11 heteroatoms. The molecule has 0 saturated carbocycles. The lowest BCUT2D eigenvalue weighted by Crippen LogP contribution is -2.41. The number of ether oxygens (including phenoxy) is 3. The third-order valence-electron chi connectivity index (χ3n) is 5.08. The molecule has 39 heavy (non-hydrogen) atoms. The number of sulfonamides is 1. The van der Waals surface area contributed by atoms with Crippen LogP contribution in [0, 0.1) is 6.92 Å². The summed E-state index contributed by atoms with van der Waals surface area (Å²) < 4.78 is 45.6. The molecule has 0 spiro atoms. The molecule has 1 atom stereocenters. The molecule has 0 saturated heterocycles. The van der Waals surface area contributed by atoms with Crippen LogP contribution in [-0.4, -0.2) is 50.4 Å². The minimum Gasteiger partial charge on any atom is -0.466 e. The molecular weight excluding hydrogens is 524 g/mol. The number of alkyl carbamates (subject to hydrolysis) is 1. The highest BCUT2D eigenvalue weighted by Gasteiger charge is 2.26. The van der Waals surface area contributed by atoms with E-state index in [0.29, 0.717) is 0 Å². The number of nitrogens with zero attached hydrogens (tertiary/aromatic N) is 1. The first-order valence-corrected chi connectivity index (χ1v) is 14.0. The van der Waals surface area contributed by atoms with Crippen molar-refractivity contribution in [1.82, 2.24) is 5.32 Å². The van der Waals surface area contributed by atoms with Crippen LogP contribution in [0.3, 0.4) is 0 Å². The van der Waals surface area contributed by atoms with Crippen LogP contribution in [0.2, 0.25) is 0 Å². The molecule has 2 aromatic rings. The third kappa shape index (κ3) is 12.1. The highest BCUT2D eigenvalue weighted by molar-refractivity contribution is 7.90. The number of amides is 1. The predicted octanol–water partition coefficient (Wildman–Crippen LogP) is 4.49. The van der Waals surface area contributed by atoms with E-state index in [9.17, 15) is 22.8 Å². The maximum absolute atomic E-state index is 13.0. The Balaban J connectivity index is 2.32. The van der Waals surface area contributed by atoms with Gasteiger partial charge < -0.3 is 19.5 Å². The van der Waals surface area contributed by atoms with Gasteiger partial charge in [-0.2, -0.15) is 12.8 Å². The quantitative estimate of drug-likeness (QED) is 0.228. The molecule has 0 heterocycles. The zero-order chi connectivity index (χ0) is 29.1. The Bertz CT molecular complexity index is 1250. The van der Waals surface area contributed by atoms with Crippen molar-refractivity contribution < 1.29 is 37.0 Å². The van der Waals surface area contributed by atoms with E-state index in [-0.39, 0.29) is 36.7 Å². The molecule has 212 valence electrons. The van der Waals surface area contributed by atoms with Crippen molar-refractivity contribution in [3.63, 3.8) is 0 Å². The van der Waals surface area contributed by atoms with Gasteiger partial charge in [0.1, 0.15) is 12.2 Å². The molecule has 2 aromatic carbocycles. The van der Waals surface area contributed by atoms with Gasteiger partial charge in [-0.15, -0.1) is 0 Å². The van der Waals surface area contributed by atoms with Crippen molar-refractivity contribution in [1.29, 1.82) is 0 Å². The first-order chi connectivity index (χ1) is 18.3. The summed E-state index contributed by atoms with van der Waals surface area (Å²) in [6, 6.07) is 14.1. The Hall–Kier alpha value is -3.73. The molecule has 2 rings (SSSR count). The lowest BCUT2D eigenvalue weighted by atomic mass is 10.0. The molecule has 0 unspecified atom stereocenters. The summed E-state index contributed by atoms with van der Waals surface area (Å²) in [6.45, 7) is 8.57. The molecule has 10 nitrogen and oxygen atoms in total. The van der Waals surface area contributed by atoms with Crippen molar-refractivity contribution in [3.05, 3.63) is 65.7 Å². The van der Waals surface area contributed by atoms with Crippen LogP contribution in [0.1, 0.15) is 58.1 Å². The van der Waals surface area contributed by atoms with Crippen molar-refractivity contribution >= 4 is 33.8 Å². The van der Waals surface area contributed by atoms with E-state index in [1.54, 1.807) is 52.0 Å². The Morgan fingerprint density at radius 3 is 2.15 bits per heavy atom. The average Bonchev–Trinajstić information content (AvgIpc) is 2.82. The van der Waals surface area contributed by atoms with Crippen LogP contribution < -0.4 is 5.32 Å². The fourth-order valence-corrected chi connectivity index (χ4v) is 4.45. The van der Waals surface area contributed by atoms with E-state index in [2.05, 4.69) is 9.71 Å². The van der Waals surface area contributed by atoms with Crippen LogP contribution in [-0.2, 0) is 40.4 Å². The minimum atomic E-state index is -4.19. The topological polar surface area (TPSA) is 137 Å². The molecular formula is C28H36N2O8S. The third-order valence-corrected chi connectivity index (χ3v) is 6.45. The fraction of sp³-hybridized carbons (Fsp3) is 0.429. The van der Waals surface area contributed by atoms with Gasteiger partial charge in [0.15, 0.2) is 0 Å². The summed E-state index contributed by atoms with van der Waals surface area (Å²) in [7, 11) is -4.19. The van der Waals surface area contributed by atoms with Crippen molar-refractivity contribution in [2.24, 2.45) is 4.40 Å². The maximum Gasteiger partial charge on any atom is 0.407 e. The zero-order valence-electron chi connectivity index (χ0n) is 22.9. The molecule has 0 aromatic heterocycles. The molecule has 0 radical (unpaired) electrons. The monoisotopic (exact) mass is 560 g/mol. The average molecular weight is 561 g/mol. The van der Waals surface area contributed by atoms with E-state index >= 15 is 0 Å². The van der Waals surface area contributed by atoms with Crippen LogP contribution in [0.25, 0.3) is 0 Å². The number of benzene rings is 2. The van der Waals surface area contributed by atoms with Crippen LogP contribution in [0.4, 0.5) is 4.79 Å². The normalized spacial score (nSPS) is 12.8. The van der Waals surface area contributed by atoms with Crippen molar-refractivity contribution in [2.45, 2.75) is 77.0 Å². The van der Waals surface area contributed by atoms with Crippen molar-refractivity contribution in [2.75, 3.05) is 6.61 Å². The highest BCUT2D eigenvalue weighted by Crippen LogP contribution is 2.17. The van der Waals surface area contributed by atoms with Gasteiger partial charge in [0.2, 0.25) is 0 Å². The Kier molecular flexibility index (Phi) is 11.7. The summed E-state index contributed by atoms with van der Waals surface area (Å²) in [5.41, 5.74) is 0.724. The first-order valence-electron chi connectivity index (χ1n) is 12.5. The maximum atomic E-state index is 13.0. The summed E-state index contributed by atoms with van der Waals surface area (Å²) in [5, 5.41) is 2.58. The van der Waals surface area contributed by atoms with Crippen LogP contribution in [0.15, 0.2) is 63.9 Å². The fourth-order valence-electron chi connectivity index (χ4n) is 3.38. The van der Waals surface area contributed by atoms with E-state index in [0.717, 1.165) is 11.1 Å². The van der Waals surface area contributed by atoms with E-state index < -0.39 is 46.1 Å². The standard InChI is InChI=1S/C28H36N2O8S/c1-6-36-25(31)18-23(30-39(34,35)24-14-12-20(2)13-15-24)16-22(29-27(33)38-28(3,4)5)17-26(32)37-19-21-10-8-7-9-11-21/h7-15,22H,6,16-19H2,1-5H3,(H,29,33)/b30-23-/t22-/m0/s1. The Morgan fingerprint density at radius 1 is 0.923 bits per heavy atom. The summed E-state index contributed by atoms with van der Waals surface area (Å²) in [5.74, 6) is -1.34. The lowest BCUT2D eigenvalue weighted by Gasteiger charge is -2.23. The van der Waals surface area contributed by atoms with Crippen molar-refractivity contribution in [3.8, 4) is 0 Å². The molecule has 0 aliphatic carbocycles. The summed E-state index contributed by atoms with van der Waals surface area (Å²) in [6.07, 6.45) is -1.84. The van der Waals surface area contributed by atoms with E-state index in [1.165, 1.54) is 12.1 Å². The van der Waals surface area contributed by atoms with Gasteiger partial charge >= 0.3 is 18.0 Å². The molecule has 1 N–H and O–H groups in total. The van der Waals surface area contributed by atoms with Crippen LogP contribution in [0.5, 0.6) is 0 Å². The number of hydrogen-bond acceptors (Lipinski definition) is 8. The van der Waals surface area contributed by atoms with Gasteiger partial charge in [0.25, 0.3) is 10.0 Å². The largest absolute Gasteiger partial charge is 0.466 e. The first kappa shape index (κ1) is 31.5. The van der Waals surface area contributed by atoms with Gasteiger partial charge in [0, 0.05) is 18.2 Å².